The van der Waals surface area contributed by atoms with Crippen LogP contribution in [0.5, 0.6) is 0 Å². The predicted octanol–water partition coefficient (Wildman–Crippen LogP) is 4.78. The van der Waals surface area contributed by atoms with Gasteiger partial charge < -0.3 is 10.6 Å². The van der Waals surface area contributed by atoms with Gasteiger partial charge in [0.05, 0.1) is 11.4 Å². The van der Waals surface area contributed by atoms with Crippen LogP contribution in [-0.2, 0) is 0 Å². The van der Waals surface area contributed by atoms with E-state index in [1.54, 1.807) is 0 Å². The number of nitrogen functional groups attached to an aromatic ring is 1. The van der Waals surface area contributed by atoms with Gasteiger partial charge in [-0.15, -0.1) is 0 Å². The molecule has 0 unspecified atom stereocenters. The minimum Gasteiger partial charge on any atom is -0.397 e. The van der Waals surface area contributed by atoms with Crippen LogP contribution in [0.1, 0.15) is 36.5 Å². The maximum absolute atomic E-state index is 6.16. The molecule has 0 saturated heterocycles. The highest BCUT2D eigenvalue weighted by Gasteiger charge is 2.10. The quantitative estimate of drug-likeness (QED) is 0.812. The Balaban J connectivity index is 2.36. The molecule has 0 fully saturated rings. The summed E-state index contributed by atoms with van der Waals surface area (Å²) in [6.45, 7) is 8.63. The third-order valence-electron chi connectivity index (χ3n) is 3.95. The lowest BCUT2D eigenvalue weighted by Crippen LogP contribution is -2.12. The summed E-state index contributed by atoms with van der Waals surface area (Å²) in [5.41, 5.74) is 13.1. The number of nitrogens with zero attached hydrogens (tertiary/aromatic N) is 1. The predicted molar refractivity (Wildman–Crippen MR) is 88.9 cm³/mol. The summed E-state index contributed by atoms with van der Waals surface area (Å²) in [4.78, 5) is 2.14. The van der Waals surface area contributed by atoms with Crippen molar-refractivity contribution >= 4 is 17.1 Å². The van der Waals surface area contributed by atoms with E-state index in [-0.39, 0.29) is 0 Å². The normalized spacial score (nSPS) is 10.9. The highest BCUT2D eigenvalue weighted by atomic mass is 15.1. The smallest absolute Gasteiger partial charge is 0.0644 e. The molecule has 106 valence electrons. The van der Waals surface area contributed by atoms with Gasteiger partial charge in [0.2, 0.25) is 0 Å². The molecule has 0 spiro atoms. The average molecular weight is 268 g/mol. The Morgan fingerprint density at radius 2 is 1.50 bits per heavy atom. The van der Waals surface area contributed by atoms with Crippen LogP contribution in [0.4, 0.5) is 17.1 Å². The second kappa shape index (κ2) is 5.58. The Morgan fingerprint density at radius 1 is 0.950 bits per heavy atom. The van der Waals surface area contributed by atoms with Crippen LogP contribution < -0.4 is 10.6 Å². The molecule has 2 aromatic carbocycles. The molecule has 0 aliphatic carbocycles. The van der Waals surface area contributed by atoms with E-state index in [9.17, 15) is 0 Å². The molecule has 0 aliphatic rings. The largest absolute Gasteiger partial charge is 0.397 e. The molecule has 0 amide bonds. The molecule has 0 aromatic heterocycles. The van der Waals surface area contributed by atoms with E-state index < -0.39 is 0 Å². The molecule has 0 saturated carbocycles. The molecule has 0 bridgehead atoms. The Kier molecular flexibility index (Phi) is 4.03. The Labute approximate surface area is 122 Å². The van der Waals surface area contributed by atoms with Gasteiger partial charge in [-0.2, -0.15) is 0 Å². The fourth-order valence-corrected chi connectivity index (χ4v) is 2.34. The summed E-state index contributed by atoms with van der Waals surface area (Å²) in [6, 6.07) is 12.9. The van der Waals surface area contributed by atoms with Gasteiger partial charge in [0, 0.05) is 12.7 Å². The van der Waals surface area contributed by atoms with E-state index in [4.69, 9.17) is 5.73 Å². The first-order valence-corrected chi connectivity index (χ1v) is 7.10. The second-order valence-corrected chi connectivity index (χ2v) is 5.80. The highest BCUT2D eigenvalue weighted by molar-refractivity contribution is 5.76. The molecule has 2 aromatic rings. The molecular formula is C18H24N2. The van der Waals surface area contributed by atoms with Crippen LogP contribution >= 0.6 is 0 Å². The van der Waals surface area contributed by atoms with Crippen molar-refractivity contribution in [2.75, 3.05) is 17.7 Å². The van der Waals surface area contributed by atoms with E-state index in [0.29, 0.717) is 5.92 Å². The van der Waals surface area contributed by atoms with Crippen LogP contribution in [0.3, 0.4) is 0 Å². The third kappa shape index (κ3) is 2.79. The van der Waals surface area contributed by atoms with Gasteiger partial charge in [0.1, 0.15) is 0 Å². The van der Waals surface area contributed by atoms with Crippen molar-refractivity contribution < 1.29 is 0 Å². The molecule has 2 nitrogen and oxygen atoms in total. The van der Waals surface area contributed by atoms with Gasteiger partial charge in [-0.05, 0) is 60.7 Å². The standard InChI is InChI=1S/C18H24N2/c1-12(2)15-6-8-16(9-7-15)20(5)18-11-14(4)13(3)10-17(18)19/h6-12H,19H2,1-5H3. The van der Waals surface area contributed by atoms with Gasteiger partial charge >= 0.3 is 0 Å². The summed E-state index contributed by atoms with van der Waals surface area (Å²) < 4.78 is 0. The maximum atomic E-state index is 6.16. The lowest BCUT2D eigenvalue weighted by atomic mass is 10.0. The average Bonchev–Trinajstić information content (AvgIpc) is 2.42. The van der Waals surface area contributed by atoms with Crippen LogP contribution in [0.15, 0.2) is 36.4 Å². The third-order valence-corrected chi connectivity index (χ3v) is 3.95. The molecule has 0 atom stereocenters. The van der Waals surface area contributed by atoms with E-state index in [1.165, 1.54) is 16.7 Å². The van der Waals surface area contributed by atoms with Crippen LogP contribution in [0, 0.1) is 13.8 Å². The minimum atomic E-state index is 0.557. The molecular weight excluding hydrogens is 244 g/mol. The van der Waals surface area contributed by atoms with Gasteiger partial charge in [0.25, 0.3) is 0 Å². The van der Waals surface area contributed by atoms with Crippen molar-refractivity contribution in [3.63, 3.8) is 0 Å². The Bertz CT molecular complexity index is 598. The summed E-state index contributed by atoms with van der Waals surface area (Å²) in [7, 11) is 2.06. The fraction of sp³-hybridized carbons (Fsp3) is 0.333. The number of hydrogen-bond donors (Lipinski definition) is 1. The Morgan fingerprint density at radius 3 is 2.05 bits per heavy atom. The van der Waals surface area contributed by atoms with Crippen LogP contribution in [-0.4, -0.2) is 7.05 Å². The van der Waals surface area contributed by atoms with Gasteiger partial charge in [0.15, 0.2) is 0 Å². The van der Waals surface area contributed by atoms with Gasteiger partial charge in [-0.1, -0.05) is 26.0 Å². The molecule has 0 aliphatic heterocycles. The molecule has 20 heavy (non-hydrogen) atoms. The molecule has 2 rings (SSSR count). The number of hydrogen-bond acceptors (Lipinski definition) is 2. The van der Waals surface area contributed by atoms with Crippen molar-refractivity contribution in [2.45, 2.75) is 33.6 Å². The first-order chi connectivity index (χ1) is 9.40. The van der Waals surface area contributed by atoms with E-state index >= 15 is 0 Å². The second-order valence-electron chi connectivity index (χ2n) is 5.80. The zero-order chi connectivity index (χ0) is 14.9. The number of benzene rings is 2. The summed E-state index contributed by atoms with van der Waals surface area (Å²) in [5.74, 6) is 0.557. The van der Waals surface area contributed by atoms with Crippen molar-refractivity contribution in [1.82, 2.24) is 0 Å². The summed E-state index contributed by atoms with van der Waals surface area (Å²) >= 11 is 0. The SMILES string of the molecule is Cc1cc(N)c(N(C)c2ccc(C(C)C)cc2)cc1C. The van der Waals surface area contributed by atoms with E-state index in [2.05, 4.69) is 70.0 Å². The van der Waals surface area contributed by atoms with Crippen molar-refractivity contribution in [3.05, 3.63) is 53.1 Å². The first-order valence-electron chi connectivity index (χ1n) is 7.10. The number of rotatable bonds is 3. The van der Waals surface area contributed by atoms with Crippen LogP contribution in [0.25, 0.3) is 0 Å². The van der Waals surface area contributed by atoms with E-state index in [1.807, 2.05) is 6.07 Å². The minimum absolute atomic E-state index is 0.557. The topological polar surface area (TPSA) is 29.3 Å². The molecule has 0 radical (unpaired) electrons. The molecule has 0 heterocycles. The number of anilines is 3. The monoisotopic (exact) mass is 268 g/mol. The van der Waals surface area contributed by atoms with Crippen molar-refractivity contribution in [1.29, 1.82) is 0 Å². The lowest BCUT2D eigenvalue weighted by Gasteiger charge is -2.23. The summed E-state index contributed by atoms with van der Waals surface area (Å²) in [6.07, 6.45) is 0. The summed E-state index contributed by atoms with van der Waals surface area (Å²) in [5, 5.41) is 0. The zero-order valence-electron chi connectivity index (χ0n) is 13.1. The zero-order valence-corrected chi connectivity index (χ0v) is 13.1. The molecule has 2 N–H and O–H groups in total. The molecule has 2 heteroatoms. The number of aryl methyl sites for hydroxylation is 2. The lowest BCUT2D eigenvalue weighted by molar-refractivity contribution is 0.866. The fourth-order valence-electron chi connectivity index (χ4n) is 2.34. The maximum Gasteiger partial charge on any atom is 0.0644 e. The van der Waals surface area contributed by atoms with Gasteiger partial charge in [-0.3, -0.25) is 0 Å². The Hall–Kier alpha value is -1.96. The van der Waals surface area contributed by atoms with E-state index in [0.717, 1.165) is 17.1 Å². The van der Waals surface area contributed by atoms with Crippen molar-refractivity contribution in [2.24, 2.45) is 0 Å². The van der Waals surface area contributed by atoms with Gasteiger partial charge in [-0.25, -0.2) is 0 Å². The van der Waals surface area contributed by atoms with Crippen LogP contribution in [0.2, 0.25) is 0 Å². The first kappa shape index (κ1) is 14.4. The van der Waals surface area contributed by atoms with Crippen molar-refractivity contribution in [3.8, 4) is 0 Å². The number of nitrogens with two attached hydrogens (primary N) is 1. The highest BCUT2D eigenvalue weighted by Crippen LogP contribution is 2.31.